The average molecular weight is 240 g/mol. The monoisotopic (exact) mass is 240 g/mol. The summed E-state index contributed by atoms with van der Waals surface area (Å²) in [4.78, 5) is 15.5. The predicted octanol–water partition coefficient (Wildman–Crippen LogP) is 1.66. The zero-order valence-corrected chi connectivity index (χ0v) is 10.1. The van der Waals surface area contributed by atoms with Crippen LogP contribution in [-0.4, -0.2) is 29.8 Å². The highest BCUT2D eigenvalue weighted by Crippen LogP contribution is 2.40. The summed E-state index contributed by atoms with van der Waals surface area (Å²) in [6, 6.07) is 0. The van der Waals surface area contributed by atoms with Crippen molar-refractivity contribution in [2.45, 2.75) is 38.2 Å². The average Bonchev–Trinajstić information content (AvgIpc) is 2.99. The molecule has 1 aromatic rings. The normalized spacial score (nSPS) is 18.2. The first-order valence-corrected chi connectivity index (χ1v) is 5.78. The minimum atomic E-state index is -0.588. The fourth-order valence-corrected chi connectivity index (χ4v) is 2.15. The van der Waals surface area contributed by atoms with Crippen LogP contribution in [0.1, 0.15) is 49.1 Å². The number of rotatable bonds is 4. The van der Waals surface area contributed by atoms with Crippen molar-refractivity contribution >= 4 is 5.97 Å². The van der Waals surface area contributed by atoms with Gasteiger partial charge in [-0.25, -0.2) is 4.79 Å². The minimum absolute atomic E-state index is 0.106. The second kappa shape index (κ2) is 4.83. The molecule has 0 radical (unpaired) electrons. The number of hydrogen-bond acceptors (Lipinski definition) is 6. The van der Waals surface area contributed by atoms with Gasteiger partial charge in [-0.3, -0.25) is 0 Å². The van der Waals surface area contributed by atoms with Gasteiger partial charge in [-0.15, -0.1) is 0 Å². The molecular weight excluding hydrogens is 224 g/mol. The Bertz CT molecular complexity index is 396. The van der Waals surface area contributed by atoms with Crippen molar-refractivity contribution in [2.24, 2.45) is 0 Å². The number of carbonyl (C=O) groups excluding carboxylic acids is 1. The highest BCUT2D eigenvalue weighted by Gasteiger charge is 2.40. The molecule has 1 heterocycles. The third-order valence-electron chi connectivity index (χ3n) is 3.09. The molecule has 0 amide bonds. The van der Waals surface area contributed by atoms with Gasteiger partial charge >= 0.3 is 11.9 Å². The Morgan fingerprint density at radius 1 is 1.47 bits per heavy atom. The molecule has 2 rings (SSSR count). The Labute approximate surface area is 99.3 Å². The van der Waals surface area contributed by atoms with Gasteiger partial charge in [-0.2, -0.15) is 4.98 Å². The molecule has 1 aliphatic carbocycles. The molecule has 0 spiro atoms. The smallest absolute Gasteiger partial charge is 0.397 e. The van der Waals surface area contributed by atoms with E-state index >= 15 is 0 Å². The van der Waals surface area contributed by atoms with Gasteiger partial charge < -0.3 is 14.0 Å². The van der Waals surface area contributed by atoms with E-state index in [0.717, 1.165) is 25.7 Å². The fraction of sp³-hybridized carbons (Fsp3) is 0.727. The third-order valence-corrected chi connectivity index (χ3v) is 3.09. The number of esters is 1. The molecule has 0 aromatic carbocycles. The molecule has 0 N–H and O–H groups in total. The molecular formula is C11H16N2O4. The Morgan fingerprint density at radius 2 is 2.18 bits per heavy atom. The molecule has 0 atom stereocenters. The quantitative estimate of drug-likeness (QED) is 0.745. The summed E-state index contributed by atoms with van der Waals surface area (Å²) in [5.41, 5.74) is -0.492. The van der Waals surface area contributed by atoms with E-state index in [-0.39, 0.29) is 12.5 Å². The second-order valence-corrected chi connectivity index (χ2v) is 4.05. The van der Waals surface area contributed by atoms with Crippen LogP contribution < -0.4 is 0 Å². The number of carbonyl (C=O) groups is 1. The van der Waals surface area contributed by atoms with Gasteiger partial charge in [0.15, 0.2) is 0 Å². The third kappa shape index (κ3) is 2.17. The summed E-state index contributed by atoms with van der Waals surface area (Å²) >= 11 is 0. The molecule has 0 aliphatic heterocycles. The molecule has 0 bridgehead atoms. The minimum Gasteiger partial charge on any atom is -0.459 e. The van der Waals surface area contributed by atoms with E-state index in [4.69, 9.17) is 14.0 Å². The lowest BCUT2D eigenvalue weighted by atomic mass is 10.0. The van der Waals surface area contributed by atoms with Gasteiger partial charge in [0.1, 0.15) is 5.60 Å². The van der Waals surface area contributed by atoms with E-state index in [2.05, 4.69) is 10.1 Å². The first-order chi connectivity index (χ1) is 8.22. The number of ether oxygens (including phenoxy) is 2. The van der Waals surface area contributed by atoms with Crippen LogP contribution in [0, 0.1) is 0 Å². The summed E-state index contributed by atoms with van der Waals surface area (Å²) in [7, 11) is 1.63. The number of aromatic nitrogens is 2. The first-order valence-electron chi connectivity index (χ1n) is 5.78. The van der Waals surface area contributed by atoms with E-state index in [1.165, 1.54) is 0 Å². The maximum Gasteiger partial charge on any atom is 0.397 e. The van der Waals surface area contributed by atoms with Crippen LogP contribution in [0.25, 0.3) is 0 Å². The van der Waals surface area contributed by atoms with E-state index < -0.39 is 11.6 Å². The van der Waals surface area contributed by atoms with Crippen molar-refractivity contribution in [3.63, 3.8) is 0 Å². The van der Waals surface area contributed by atoms with Gasteiger partial charge in [0, 0.05) is 7.11 Å². The van der Waals surface area contributed by atoms with Gasteiger partial charge in [-0.1, -0.05) is 5.16 Å². The maximum atomic E-state index is 11.4. The summed E-state index contributed by atoms with van der Waals surface area (Å²) in [6.07, 6.45) is 3.84. The molecule has 0 unspecified atom stereocenters. The Morgan fingerprint density at radius 3 is 2.76 bits per heavy atom. The molecule has 6 nitrogen and oxygen atoms in total. The lowest BCUT2D eigenvalue weighted by Gasteiger charge is -2.22. The van der Waals surface area contributed by atoms with Gasteiger partial charge in [0.05, 0.1) is 6.61 Å². The Kier molecular flexibility index (Phi) is 3.42. The van der Waals surface area contributed by atoms with Crippen LogP contribution in [-0.2, 0) is 15.1 Å². The molecule has 1 aliphatic rings. The molecule has 94 valence electrons. The zero-order chi connectivity index (χ0) is 12.3. The summed E-state index contributed by atoms with van der Waals surface area (Å²) < 4.78 is 15.2. The van der Waals surface area contributed by atoms with Crippen molar-refractivity contribution in [3.05, 3.63) is 11.7 Å². The molecule has 1 aromatic heterocycles. The van der Waals surface area contributed by atoms with E-state index in [1.807, 2.05) is 0 Å². The topological polar surface area (TPSA) is 74.5 Å². The van der Waals surface area contributed by atoms with E-state index in [0.29, 0.717) is 5.82 Å². The van der Waals surface area contributed by atoms with Crippen LogP contribution in [0.15, 0.2) is 4.52 Å². The summed E-state index contributed by atoms with van der Waals surface area (Å²) in [6.45, 7) is 2.01. The zero-order valence-electron chi connectivity index (χ0n) is 10.1. The van der Waals surface area contributed by atoms with Crippen molar-refractivity contribution in [2.75, 3.05) is 13.7 Å². The fourth-order valence-electron chi connectivity index (χ4n) is 2.15. The Hall–Kier alpha value is -1.43. The van der Waals surface area contributed by atoms with Crippen molar-refractivity contribution < 1.29 is 18.8 Å². The number of nitrogens with zero attached hydrogens (tertiary/aromatic N) is 2. The highest BCUT2D eigenvalue weighted by molar-refractivity contribution is 5.83. The predicted molar refractivity (Wildman–Crippen MR) is 57.4 cm³/mol. The number of methoxy groups -OCH3 is 1. The Balaban J connectivity index is 2.19. The van der Waals surface area contributed by atoms with Crippen LogP contribution in [0.4, 0.5) is 0 Å². The standard InChI is InChI=1S/C11H16N2O4/c1-3-16-9(14)8-12-10(13-17-8)11(15-2)6-4-5-7-11/h3-7H2,1-2H3. The molecule has 0 saturated heterocycles. The van der Waals surface area contributed by atoms with Crippen LogP contribution >= 0.6 is 0 Å². The van der Waals surface area contributed by atoms with Gasteiger partial charge in [0.2, 0.25) is 5.82 Å². The molecule has 17 heavy (non-hydrogen) atoms. The SMILES string of the molecule is CCOC(=O)c1nc(C2(OC)CCCC2)no1. The van der Waals surface area contributed by atoms with Crippen LogP contribution in [0.5, 0.6) is 0 Å². The van der Waals surface area contributed by atoms with Crippen LogP contribution in [0.2, 0.25) is 0 Å². The first kappa shape index (κ1) is 12.0. The van der Waals surface area contributed by atoms with Gasteiger partial charge in [-0.05, 0) is 32.6 Å². The summed E-state index contributed by atoms with van der Waals surface area (Å²) in [5, 5.41) is 3.83. The second-order valence-electron chi connectivity index (χ2n) is 4.05. The summed E-state index contributed by atoms with van der Waals surface area (Å²) in [5.74, 6) is -0.249. The van der Waals surface area contributed by atoms with Crippen molar-refractivity contribution in [1.29, 1.82) is 0 Å². The lowest BCUT2D eigenvalue weighted by Crippen LogP contribution is -2.26. The van der Waals surface area contributed by atoms with Crippen molar-refractivity contribution in [3.8, 4) is 0 Å². The molecule has 1 saturated carbocycles. The largest absolute Gasteiger partial charge is 0.459 e. The van der Waals surface area contributed by atoms with E-state index in [1.54, 1.807) is 14.0 Å². The van der Waals surface area contributed by atoms with Crippen LogP contribution in [0.3, 0.4) is 0 Å². The van der Waals surface area contributed by atoms with E-state index in [9.17, 15) is 4.79 Å². The lowest BCUT2D eigenvalue weighted by molar-refractivity contribution is -0.0178. The van der Waals surface area contributed by atoms with Crippen molar-refractivity contribution in [1.82, 2.24) is 10.1 Å². The molecule has 6 heteroatoms. The maximum absolute atomic E-state index is 11.4. The van der Waals surface area contributed by atoms with Gasteiger partial charge in [0.25, 0.3) is 0 Å². The molecule has 1 fully saturated rings. The number of hydrogen-bond donors (Lipinski definition) is 0. The highest BCUT2D eigenvalue weighted by atomic mass is 16.6.